The van der Waals surface area contributed by atoms with Gasteiger partial charge in [0.15, 0.2) is 11.6 Å². The summed E-state index contributed by atoms with van der Waals surface area (Å²) in [6.45, 7) is 3.78. The lowest BCUT2D eigenvalue weighted by Gasteiger charge is -2.03. The van der Waals surface area contributed by atoms with Crippen molar-refractivity contribution in [3.8, 4) is 0 Å². The van der Waals surface area contributed by atoms with E-state index in [-0.39, 0.29) is 11.6 Å². The van der Waals surface area contributed by atoms with Crippen LogP contribution in [0.15, 0.2) is 36.4 Å². The molecule has 0 unspecified atom stereocenters. The number of pyridine rings is 1. The van der Waals surface area contributed by atoms with Crippen LogP contribution >= 0.6 is 11.3 Å². The number of thiazole rings is 1. The lowest BCUT2D eigenvalue weighted by molar-refractivity contribution is 0.0976. The van der Waals surface area contributed by atoms with Crippen molar-refractivity contribution < 1.29 is 9.59 Å². The lowest BCUT2D eigenvalue weighted by Crippen LogP contribution is -2.08. The van der Waals surface area contributed by atoms with Gasteiger partial charge in [0.2, 0.25) is 0 Å². The number of hydrogen-bond acceptors (Lipinski definition) is 5. The molecule has 0 N–H and O–H groups in total. The van der Waals surface area contributed by atoms with Crippen LogP contribution in [0.2, 0.25) is 0 Å². The third-order valence-corrected chi connectivity index (χ3v) is 4.78. The molecule has 0 aliphatic carbocycles. The number of benzene rings is 1. The topological polar surface area (TPSA) is 59.9 Å². The zero-order chi connectivity index (χ0) is 17.1. The highest BCUT2D eigenvalue weighted by Crippen LogP contribution is 2.23. The van der Waals surface area contributed by atoms with Gasteiger partial charge in [0.1, 0.15) is 11.4 Å². The second-order valence-corrected chi connectivity index (χ2v) is 6.88. The van der Waals surface area contributed by atoms with Gasteiger partial charge in [0.05, 0.1) is 15.2 Å². The summed E-state index contributed by atoms with van der Waals surface area (Å²) in [5.41, 5.74) is 2.84. The van der Waals surface area contributed by atoms with Crippen LogP contribution in [0.3, 0.4) is 0 Å². The summed E-state index contributed by atoms with van der Waals surface area (Å²) in [5, 5.41) is 1.04. The summed E-state index contributed by atoms with van der Waals surface area (Å²) in [4.78, 5) is 32.7. The quantitative estimate of drug-likeness (QED) is 0.625. The third-order valence-electron chi connectivity index (χ3n) is 3.84. The number of Topliss-reactive ketones (excluding diaryl/α,β-unsaturated/α-hetero) is 2. The molecule has 24 heavy (non-hydrogen) atoms. The highest BCUT2D eigenvalue weighted by Gasteiger charge is 2.12. The van der Waals surface area contributed by atoms with Gasteiger partial charge in [-0.15, -0.1) is 11.3 Å². The van der Waals surface area contributed by atoms with Crippen LogP contribution in [0.5, 0.6) is 0 Å². The first-order valence-corrected chi connectivity index (χ1v) is 8.78. The van der Waals surface area contributed by atoms with E-state index >= 15 is 0 Å². The Labute approximate surface area is 144 Å². The molecule has 0 bridgehead atoms. The molecule has 0 aliphatic rings. The number of hydrogen-bond donors (Lipinski definition) is 0. The van der Waals surface area contributed by atoms with Gasteiger partial charge in [-0.1, -0.05) is 19.1 Å². The zero-order valence-electron chi connectivity index (χ0n) is 13.7. The van der Waals surface area contributed by atoms with Crippen LogP contribution in [0.25, 0.3) is 10.2 Å². The van der Waals surface area contributed by atoms with Crippen molar-refractivity contribution in [3.63, 3.8) is 0 Å². The molecule has 0 saturated carbocycles. The van der Waals surface area contributed by atoms with E-state index in [1.54, 1.807) is 36.5 Å². The Balaban J connectivity index is 1.71. The highest BCUT2D eigenvalue weighted by atomic mass is 32.1. The first-order chi connectivity index (χ1) is 11.6. The van der Waals surface area contributed by atoms with Crippen molar-refractivity contribution in [2.24, 2.45) is 0 Å². The summed E-state index contributed by atoms with van der Waals surface area (Å²) < 4.78 is 1.14. The van der Waals surface area contributed by atoms with Crippen LogP contribution in [-0.2, 0) is 6.42 Å². The molecule has 0 aliphatic heterocycles. The van der Waals surface area contributed by atoms with Crippen molar-refractivity contribution in [3.05, 3.63) is 58.4 Å². The van der Waals surface area contributed by atoms with E-state index in [4.69, 9.17) is 0 Å². The molecular weight excluding hydrogens is 320 g/mol. The van der Waals surface area contributed by atoms with Crippen molar-refractivity contribution in [2.75, 3.05) is 0 Å². The van der Waals surface area contributed by atoms with E-state index < -0.39 is 0 Å². The largest absolute Gasteiger partial charge is 0.292 e. The predicted molar refractivity (Wildman–Crippen MR) is 95.9 cm³/mol. The molecule has 3 rings (SSSR count). The Morgan fingerprint density at radius 3 is 2.54 bits per heavy atom. The SMILES string of the molecule is CCC(=O)c1cccc(C(=O)CCc2ccc3nc(C)sc3c2)n1. The maximum atomic E-state index is 12.4. The number of aryl methyl sites for hydroxylation is 2. The Morgan fingerprint density at radius 1 is 1.04 bits per heavy atom. The van der Waals surface area contributed by atoms with Gasteiger partial charge in [-0.05, 0) is 43.2 Å². The Morgan fingerprint density at radius 2 is 1.79 bits per heavy atom. The van der Waals surface area contributed by atoms with E-state index in [2.05, 4.69) is 16.0 Å². The molecule has 122 valence electrons. The van der Waals surface area contributed by atoms with Crippen molar-refractivity contribution >= 4 is 33.1 Å². The van der Waals surface area contributed by atoms with Gasteiger partial charge in [0, 0.05) is 12.8 Å². The number of aromatic nitrogens is 2. The molecule has 1 aromatic carbocycles. The average molecular weight is 338 g/mol. The fraction of sp³-hybridized carbons (Fsp3) is 0.263. The Hall–Kier alpha value is -2.40. The Bertz CT molecular complexity index is 915. The monoisotopic (exact) mass is 338 g/mol. The summed E-state index contributed by atoms with van der Waals surface area (Å²) in [6.07, 6.45) is 1.42. The van der Waals surface area contributed by atoms with E-state index in [9.17, 15) is 9.59 Å². The number of fused-ring (bicyclic) bond motifs is 1. The van der Waals surface area contributed by atoms with Gasteiger partial charge >= 0.3 is 0 Å². The first kappa shape index (κ1) is 16.5. The van der Waals surface area contributed by atoms with Gasteiger partial charge in [0.25, 0.3) is 0 Å². The van der Waals surface area contributed by atoms with Crippen LogP contribution in [0.4, 0.5) is 0 Å². The maximum Gasteiger partial charge on any atom is 0.181 e. The van der Waals surface area contributed by atoms with E-state index in [0.717, 1.165) is 20.8 Å². The second kappa shape index (κ2) is 7.01. The van der Waals surface area contributed by atoms with E-state index in [0.29, 0.717) is 30.7 Å². The predicted octanol–water partition coefficient (Wildman–Crippen LogP) is 4.41. The minimum atomic E-state index is -0.0457. The molecule has 0 saturated heterocycles. The maximum absolute atomic E-state index is 12.4. The third kappa shape index (κ3) is 3.57. The summed E-state index contributed by atoms with van der Waals surface area (Å²) >= 11 is 1.66. The molecule has 0 spiro atoms. The highest BCUT2D eigenvalue weighted by molar-refractivity contribution is 7.18. The minimum Gasteiger partial charge on any atom is -0.292 e. The number of carbonyl (C=O) groups excluding carboxylic acids is 2. The number of carbonyl (C=O) groups is 2. The molecule has 0 atom stereocenters. The fourth-order valence-electron chi connectivity index (χ4n) is 2.55. The van der Waals surface area contributed by atoms with Crippen LogP contribution in [-0.4, -0.2) is 21.5 Å². The summed E-state index contributed by atoms with van der Waals surface area (Å²) in [7, 11) is 0. The van der Waals surface area contributed by atoms with Crippen LogP contribution in [0.1, 0.15) is 51.3 Å². The molecule has 2 aromatic heterocycles. The fourth-order valence-corrected chi connectivity index (χ4v) is 3.44. The zero-order valence-corrected chi connectivity index (χ0v) is 14.5. The van der Waals surface area contributed by atoms with Gasteiger partial charge < -0.3 is 0 Å². The molecule has 4 nitrogen and oxygen atoms in total. The second-order valence-electron chi connectivity index (χ2n) is 5.64. The van der Waals surface area contributed by atoms with Gasteiger partial charge in [-0.2, -0.15) is 0 Å². The number of nitrogens with zero attached hydrogens (tertiary/aromatic N) is 2. The minimum absolute atomic E-state index is 0.0404. The smallest absolute Gasteiger partial charge is 0.181 e. The van der Waals surface area contributed by atoms with Gasteiger partial charge in [-0.25, -0.2) is 9.97 Å². The molecule has 2 heterocycles. The number of rotatable bonds is 6. The van der Waals surface area contributed by atoms with Crippen LogP contribution in [0, 0.1) is 6.92 Å². The summed E-state index contributed by atoms with van der Waals surface area (Å²) in [5.74, 6) is -0.0861. The molecule has 3 aromatic rings. The summed E-state index contributed by atoms with van der Waals surface area (Å²) in [6, 6.07) is 11.1. The van der Waals surface area contributed by atoms with Crippen molar-refractivity contribution in [2.45, 2.75) is 33.1 Å². The number of ketones is 2. The molecular formula is C19H18N2O2S. The van der Waals surface area contributed by atoms with Crippen molar-refractivity contribution in [1.82, 2.24) is 9.97 Å². The molecule has 5 heteroatoms. The average Bonchev–Trinajstić information content (AvgIpc) is 2.98. The van der Waals surface area contributed by atoms with Gasteiger partial charge in [-0.3, -0.25) is 9.59 Å². The van der Waals surface area contributed by atoms with Crippen molar-refractivity contribution in [1.29, 1.82) is 0 Å². The molecule has 0 amide bonds. The molecule has 0 radical (unpaired) electrons. The standard InChI is InChI=1S/C19H18N2O2S/c1-3-17(22)14-5-4-6-15(21-14)18(23)10-8-13-7-9-16-19(11-13)24-12(2)20-16/h4-7,9,11H,3,8,10H2,1-2H3. The van der Waals surface area contributed by atoms with E-state index in [1.807, 2.05) is 19.1 Å². The lowest BCUT2D eigenvalue weighted by atomic mass is 10.1. The Kier molecular flexibility index (Phi) is 4.81. The molecule has 0 fully saturated rings. The van der Waals surface area contributed by atoms with Crippen LogP contribution < -0.4 is 0 Å². The normalized spacial score (nSPS) is 10.9. The first-order valence-electron chi connectivity index (χ1n) is 7.96. The van der Waals surface area contributed by atoms with E-state index in [1.165, 1.54) is 0 Å².